The highest BCUT2D eigenvalue weighted by Gasteiger charge is 2.19. The van der Waals surface area contributed by atoms with Crippen LogP contribution in [0.5, 0.6) is 0 Å². The standard InChI is InChI=1S/C20H11N5/c1-22-18-16(13-21)20-23-19(15-10-6-3-7-11-15)24-25(20)17(18)12-14-8-4-2-5-9-14/h2-12H. The Balaban J connectivity index is 2.05. The molecule has 0 bridgehead atoms. The van der Waals surface area contributed by atoms with Gasteiger partial charge in [0, 0.05) is 5.56 Å². The van der Waals surface area contributed by atoms with Gasteiger partial charge in [0.2, 0.25) is 5.69 Å². The Morgan fingerprint density at radius 2 is 1.72 bits per heavy atom. The van der Waals surface area contributed by atoms with E-state index in [0.29, 0.717) is 16.8 Å². The summed E-state index contributed by atoms with van der Waals surface area (Å²) in [6, 6.07) is 21.3. The molecule has 0 saturated heterocycles. The molecule has 0 aliphatic rings. The second kappa shape index (κ2) is 5.92. The van der Waals surface area contributed by atoms with Crippen molar-refractivity contribution in [1.82, 2.24) is 14.6 Å². The van der Waals surface area contributed by atoms with Crippen LogP contribution in [0.3, 0.4) is 0 Å². The molecule has 0 N–H and O–H groups in total. The highest BCUT2D eigenvalue weighted by atomic mass is 15.3. The zero-order valence-electron chi connectivity index (χ0n) is 13.1. The molecule has 0 radical (unpaired) electrons. The van der Waals surface area contributed by atoms with Gasteiger partial charge in [-0.25, -0.2) is 14.3 Å². The summed E-state index contributed by atoms with van der Waals surface area (Å²) in [7, 11) is 0. The van der Waals surface area contributed by atoms with E-state index in [1.54, 1.807) is 4.52 Å². The molecule has 0 unspecified atom stereocenters. The van der Waals surface area contributed by atoms with E-state index in [2.05, 4.69) is 21.0 Å². The van der Waals surface area contributed by atoms with Crippen LogP contribution in [-0.2, 0) is 0 Å². The van der Waals surface area contributed by atoms with E-state index >= 15 is 0 Å². The summed E-state index contributed by atoms with van der Waals surface area (Å²) in [5.41, 5.74) is 2.74. The van der Waals surface area contributed by atoms with Crippen molar-refractivity contribution in [3.63, 3.8) is 0 Å². The normalized spacial score (nSPS) is 11.4. The molecule has 25 heavy (non-hydrogen) atoms. The fourth-order valence-corrected chi connectivity index (χ4v) is 2.74. The van der Waals surface area contributed by atoms with Crippen LogP contribution in [0, 0.1) is 17.9 Å². The van der Waals surface area contributed by atoms with E-state index in [0.717, 1.165) is 11.1 Å². The first-order valence-electron chi connectivity index (χ1n) is 7.64. The van der Waals surface area contributed by atoms with Gasteiger partial charge in [0.15, 0.2) is 11.5 Å². The molecule has 0 aliphatic carbocycles. The average molecular weight is 321 g/mol. The number of hydrogen-bond donors (Lipinski definition) is 0. The van der Waals surface area contributed by atoms with E-state index in [1.807, 2.05) is 66.7 Å². The van der Waals surface area contributed by atoms with Gasteiger partial charge in [-0.2, -0.15) is 5.26 Å². The maximum absolute atomic E-state index is 9.52. The molecule has 0 atom stereocenters. The SMILES string of the molecule is [C-]#[N+]c1c(C#N)c2nc(-c3ccccc3)nn2c1=Cc1ccccc1. The van der Waals surface area contributed by atoms with Crippen LogP contribution in [0.1, 0.15) is 11.1 Å². The van der Waals surface area contributed by atoms with Crippen molar-refractivity contribution in [3.8, 4) is 17.5 Å². The first-order chi connectivity index (χ1) is 12.3. The highest BCUT2D eigenvalue weighted by molar-refractivity contribution is 5.76. The number of nitrogens with zero attached hydrogens (tertiary/aromatic N) is 5. The third-order valence-corrected chi connectivity index (χ3v) is 3.90. The second-order valence-electron chi connectivity index (χ2n) is 5.42. The summed E-state index contributed by atoms with van der Waals surface area (Å²) in [4.78, 5) is 8.04. The lowest BCUT2D eigenvalue weighted by molar-refractivity contribution is 0.950. The fraction of sp³-hybridized carbons (Fsp3) is 0. The molecule has 0 aliphatic heterocycles. The molecule has 5 heteroatoms. The van der Waals surface area contributed by atoms with Gasteiger partial charge < -0.3 is 0 Å². The number of rotatable bonds is 2. The van der Waals surface area contributed by atoms with E-state index in [-0.39, 0.29) is 11.3 Å². The molecule has 0 amide bonds. The van der Waals surface area contributed by atoms with E-state index in [4.69, 9.17) is 6.57 Å². The number of hydrogen-bond acceptors (Lipinski definition) is 3. The number of fused-ring (bicyclic) bond motifs is 1. The third-order valence-electron chi connectivity index (χ3n) is 3.90. The molecule has 2 heterocycles. The average Bonchev–Trinajstić information content (AvgIpc) is 3.21. The van der Waals surface area contributed by atoms with Crippen LogP contribution in [0.4, 0.5) is 5.69 Å². The van der Waals surface area contributed by atoms with Crippen molar-refractivity contribution in [3.05, 3.63) is 88.6 Å². The lowest BCUT2D eigenvalue weighted by atomic mass is 10.2. The van der Waals surface area contributed by atoms with Gasteiger partial charge in [0.25, 0.3) is 0 Å². The third kappa shape index (κ3) is 2.41. The van der Waals surface area contributed by atoms with Crippen LogP contribution in [0.25, 0.3) is 28.0 Å². The summed E-state index contributed by atoms with van der Waals surface area (Å²) in [5, 5.41) is 14.6. The molecular weight excluding hydrogens is 310 g/mol. The summed E-state index contributed by atoms with van der Waals surface area (Å²) in [6.07, 6.45) is 1.85. The molecule has 116 valence electrons. The molecular formula is C20H11N5. The van der Waals surface area contributed by atoms with Gasteiger partial charge in [0.05, 0.1) is 18.0 Å². The zero-order chi connectivity index (χ0) is 17.2. The Hall–Kier alpha value is -3.96. The summed E-state index contributed by atoms with van der Waals surface area (Å²) >= 11 is 0. The Morgan fingerprint density at radius 1 is 1.04 bits per heavy atom. The van der Waals surface area contributed by atoms with Gasteiger partial charge in [-0.15, -0.1) is 5.10 Å². The number of aromatic nitrogens is 3. The molecule has 4 rings (SSSR count). The molecule has 0 saturated carbocycles. The van der Waals surface area contributed by atoms with Gasteiger partial charge in [0.1, 0.15) is 5.56 Å². The van der Waals surface area contributed by atoms with Crippen molar-refractivity contribution in [1.29, 1.82) is 5.26 Å². The predicted octanol–water partition coefficient (Wildman–Crippen LogP) is 3.37. The molecule has 5 nitrogen and oxygen atoms in total. The monoisotopic (exact) mass is 321 g/mol. The summed E-state index contributed by atoms with van der Waals surface area (Å²) in [6.45, 7) is 7.47. The van der Waals surface area contributed by atoms with Gasteiger partial charge in [-0.05, 0) is 11.6 Å². The minimum absolute atomic E-state index is 0.256. The fourth-order valence-electron chi connectivity index (χ4n) is 2.74. The maximum Gasteiger partial charge on any atom is 0.233 e. The van der Waals surface area contributed by atoms with Gasteiger partial charge in [-0.3, -0.25) is 0 Å². The Bertz CT molecular complexity index is 1190. The van der Waals surface area contributed by atoms with Crippen molar-refractivity contribution in [2.24, 2.45) is 0 Å². The topological polar surface area (TPSA) is 58.3 Å². The minimum atomic E-state index is 0.256. The van der Waals surface area contributed by atoms with Crippen LogP contribution >= 0.6 is 0 Å². The molecule has 0 spiro atoms. The van der Waals surface area contributed by atoms with Gasteiger partial charge in [-0.1, -0.05) is 60.7 Å². The molecule has 2 aromatic carbocycles. The quantitative estimate of drug-likeness (QED) is 0.532. The molecule has 2 aromatic heterocycles. The van der Waals surface area contributed by atoms with E-state index in [1.165, 1.54) is 0 Å². The lowest BCUT2D eigenvalue weighted by Crippen LogP contribution is -2.09. The van der Waals surface area contributed by atoms with E-state index < -0.39 is 0 Å². The minimum Gasteiger partial charge on any atom is -0.234 e. The summed E-state index contributed by atoms with van der Waals surface area (Å²) < 4.78 is 1.58. The van der Waals surface area contributed by atoms with Crippen molar-refractivity contribution >= 4 is 17.4 Å². The van der Waals surface area contributed by atoms with Crippen LogP contribution in [0.2, 0.25) is 0 Å². The predicted molar refractivity (Wildman–Crippen MR) is 94.6 cm³/mol. The molecule has 0 fully saturated rings. The largest absolute Gasteiger partial charge is 0.234 e. The zero-order valence-corrected chi connectivity index (χ0v) is 13.1. The van der Waals surface area contributed by atoms with Crippen LogP contribution < -0.4 is 5.35 Å². The van der Waals surface area contributed by atoms with Crippen molar-refractivity contribution < 1.29 is 0 Å². The first-order valence-corrected chi connectivity index (χ1v) is 7.64. The summed E-state index contributed by atoms with van der Waals surface area (Å²) in [5.74, 6) is 0.534. The van der Waals surface area contributed by atoms with Crippen LogP contribution in [-0.4, -0.2) is 14.6 Å². The second-order valence-corrected chi connectivity index (χ2v) is 5.42. The lowest BCUT2D eigenvalue weighted by Gasteiger charge is -1.94. The van der Waals surface area contributed by atoms with Crippen molar-refractivity contribution in [2.45, 2.75) is 0 Å². The smallest absolute Gasteiger partial charge is 0.233 e. The molecule has 4 aromatic rings. The number of nitriles is 1. The first kappa shape index (κ1) is 14.6. The van der Waals surface area contributed by atoms with Crippen LogP contribution in [0.15, 0.2) is 60.7 Å². The Morgan fingerprint density at radius 3 is 2.36 bits per heavy atom. The van der Waals surface area contributed by atoms with Gasteiger partial charge >= 0.3 is 0 Å². The Labute approximate surface area is 143 Å². The van der Waals surface area contributed by atoms with Crippen molar-refractivity contribution in [2.75, 3.05) is 0 Å². The Kier molecular flexibility index (Phi) is 3.46. The van der Waals surface area contributed by atoms with E-state index in [9.17, 15) is 5.26 Å². The highest BCUT2D eigenvalue weighted by Crippen LogP contribution is 2.23. The maximum atomic E-state index is 9.52. The number of benzene rings is 2.